The van der Waals surface area contributed by atoms with Crippen molar-refractivity contribution in [3.05, 3.63) is 95.1 Å². The van der Waals surface area contributed by atoms with Gasteiger partial charge in [-0.3, -0.25) is 0 Å². The van der Waals surface area contributed by atoms with Crippen LogP contribution in [0.15, 0.2) is 84.0 Å². The normalized spacial score (nSPS) is 19.4. The predicted octanol–water partition coefficient (Wildman–Crippen LogP) is 5.26. The summed E-state index contributed by atoms with van der Waals surface area (Å²) in [5.74, 6) is 0.432. The van der Waals surface area contributed by atoms with Crippen molar-refractivity contribution in [1.29, 1.82) is 0 Å². The monoisotopic (exact) mass is 290 g/mol. The van der Waals surface area contributed by atoms with Gasteiger partial charge in [-0.25, -0.2) is 0 Å². The summed E-state index contributed by atoms with van der Waals surface area (Å²) >= 11 is 0. The van der Waals surface area contributed by atoms with Crippen molar-refractivity contribution < 1.29 is 4.74 Å². The van der Waals surface area contributed by atoms with E-state index in [1.165, 1.54) is 22.3 Å². The topological polar surface area (TPSA) is 9.23 Å². The van der Waals surface area contributed by atoms with Crippen molar-refractivity contribution in [1.82, 2.24) is 0 Å². The van der Waals surface area contributed by atoms with E-state index in [0.717, 1.165) is 6.42 Å². The molecule has 2 aromatic carbocycles. The fourth-order valence-electron chi connectivity index (χ4n) is 3.05. The molecule has 0 unspecified atom stereocenters. The number of hydrogen-bond acceptors (Lipinski definition) is 1. The van der Waals surface area contributed by atoms with E-state index in [1.54, 1.807) is 0 Å². The van der Waals surface area contributed by atoms with Gasteiger partial charge in [0.25, 0.3) is 0 Å². The fourth-order valence-corrected chi connectivity index (χ4v) is 3.05. The Bertz CT molecular complexity index is 653. The minimum absolute atomic E-state index is 0.432. The highest BCUT2D eigenvalue weighted by Crippen LogP contribution is 2.39. The molecule has 0 N–H and O–H groups in total. The molecule has 112 valence electrons. The van der Waals surface area contributed by atoms with Crippen molar-refractivity contribution >= 4 is 0 Å². The molecule has 1 nitrogen and oxygen atoms in total. The van der Waals surface area contributed by atoms with Crippen molar-refractivity contribution in [2.75, 3.05) is 6.61 Å². The smallest absolute Gasteiger partial charge is 0.0721 e. The number of benzene rings is 2. The molecule has 22 heavy (non-hydrogen) atoms. The molecule has 0 spiro atoms. The highest BCUT2D eigenvalue weighted by atomic mass is 16.5. The third-order valence-corrected chi connectivity index (χ3v) is 4.19. The number of hydrogen-bond donors (Lipinski definition) is 0. The first-order chi connectivity index (χ1) is 10.8. The van der Waals surface area contributed by atoms with Crippen LogP contribution in [-0.4, -0.2) is 6.61 Å². The zero-order valence-corrected chi connectivity index (χ0v) is 13.0. The number of rotatable bonds is 5. The molecule has 1 atom stereocenters. The Morgan fingerprint density at radius 2 is 1.68 bits per heavy atom. The van der Waals surface area contributed by atoms with E-state index < -0.39 is 0 Å². The molecule has 0 aliphatic heterocycles. The highest BCUT2D eigenvalue weighted by Gasteiger charge is 2.22. The van der Waals surface area contributed by atoms with Gasteiger partial charge < -0.3 is 4.74 Å². The Morgan fingerprint density at radius 3 is 2.41 bits per heavy atom. The molecule has 0 heterocycles. The molecular weight excluding hydrogens is 268 g/mol. The molecule has 0 saturated heterocycles. The Hall–Kier alpha value is -2.12. The van der Waals surface area contributed by atoms with Crippen LogP contribution < -0.4 is 0 Å². The predicted molar refractivity (Wildman–Crippen MR) is 91.7 cm³/mol. The van der Waals surface area contributed by atoms with Gasteiger partial charge in [0.2, 0.25) is 0 Å². The standard InChI is InChI=1S/C21H22O/c1-17-12-13-20(21(17)19-10-6-3-7-11-19)14-15-22-16-18-8-4-2-5-9-18/h2-12,14,21H,13,15-16H2,1H3/b20-14-/t21-/m0/s1. The summed E-state index contributed by atoms with van der Waals surface area (Å²) in [4.78, 5) is 0. The van der Waals surface area contributed by atoms with Gasteiger partial charge in [-0.05, 0) is 24.5 Å². The SMILES string of the molecule is CC1=CC/C(=C/COCc2ccccc2)[C@@H]1c1ccccc1. The van der Waals surface area contributed by atoms with E-state index >= 15 is 0 Å². The molecule has 1 aliphatic rings. The van der Waals surface area contributed by atoms with Gasteiger partial charge in [-0.15, -0.1) is 0 Å². The van der Waals surface area contributed by atoms with Crippen LogP contribution in [0.5, 0.6) is 0 Å². The van der Waals surface area contributed by atoms with Crippen molar-refractivity contribution in [2.45, 2.75) is 25.9 Å². The zero-order valence-electron chi connectivity index (χ0n) is 13.0. The Balaban J connectivity index is 1.61. The quantitative estimate of drug-likeness (QED) is 0.539. The number of allylic oxidation sites excluding steroid dienone is 3. The molecule has 0 bridgehead atoms. The van der Waals surface area contributed by atoms with Crippen LogP contribution in [-0.2, 0) is 11.3 Å². The second kappa shape index (κ2) is 7.24. The maximum atomic E-state index is 5.80. The Morgan fingerprint density at radius 1 is 1.00 bits per heavy atom. The van der Waals surface area contributed by atoms with Gasteiger partial charge in [0, 0.05) is 5.92 Å². The van der Waals surface area contributed by atoms with Gasteiger partial charge in [0.1, 0.15) is 0 Å². The Labute approximate surface area is 133 Å². The third-order valence-electron chi connectivity index (χ3n) is 4.19. The second-order valence-corrected chi connectivity index (χ2v) is 5.78. The van der Waals surface area contributed by atoms with Gasteiger partial charge in [-0.1, -0.05) is 84.0 Å². The average molecular weight is 290 g/mol. The van der Waals surface area contributed by atoms with Crippen molar-refractivity contribution in [3.63, 3.8) is 0 Å². The maximum Gasteiger partial charge on any atom is 0.0721 e. The second-order valence-electron chi connectivity index (χ2n) is 5.78. The largest absolute Gasteiger partial charge is 0.373 e. The lowest BCUT2D eigenvalue weighted by Gasteiger charge is -2.15. The summed E-state index contributed by atoms with van der Waals surface area (Å²) < 4.78 is 5.80. The lowest BCUT2D eigenvalue weighted by atomic mass is 9.89. The molecule has 0 amide bonds. The van der Waals surface area contributed by atoms with Crippen LogP contribution in [0, 0.1) is 0 Å². The summed E-state index contributed by atoms with van der Waals surface area (Å²) in [6.45, 7) is 3.57. The van der Waals surface area contributed by atoms with Crippen molar-refractivity contribution in [2.24, 2.45) is 0 Å². The highest BCUT2D eigenvalue weighted by molar-refractivity contribution is 5.43. The number of ether oxygens (including phenoxy) is 1. The summed E-state index contributed by atoms with van der Waals surface area (Å²) in [6, 6.07) is 21.1. The maximum absolute atomic E-state index is 5.80. The summed E-state index contributed by atoms with van der Waals surface area (Å²) in [7, 11) is 0. The molecule has 1 heteroatoms. The Kier molecular flexibility index (Phi) is 4.87. The minimum atomic E-state index is 0.432. The van der Waals surface area contributed by atoms with Crippen LogP contribution in [0.1, 0.15) is 30.4 Å². The molecule has 3 rings (SSSR count). The summed E-state index contributed by atoms with van der Waals surface area (Å²) in [5, 5.41) is 0. The van der Waals surface area contributed by atoms with Crippen LogP contribution in [0.25, 0.3) is 0 Å². The lowest BCUT2D eigenvalue weighted by Crippen LogP contribution is -2.01. The average Bonchev–Trinajstić information content (AvgIpc) is 2.94. The minimum Gasteiger partial charge on any atom is -0.373 e. The lowest BCUT2D eigenvalue weighted by molar-refractivity contribution is 0.148. The first-order valence-corrected chi connectivity index (χ1v) is 7.87. The zero-order chi connectivity index (χ0) is 15.2. The molecule has 0 aromatic heterocycles. The molecule has 2 aromatic rings. The van der Waals surface area contributed by atoms with E-state index in [9.17, 15) is 0 Å². The van der Waals surface area contributed by atoms with E-state index in [4.69, 9.17) is 4.74 Å². The van der Waals surface area contributed by atoms with Gasteiger partial charge in [-0.2, -0.15) is 0 Å². The van der Waals surface area contributed by atoms with E-state index in [-0.39, 0.29) is 0 Å². The van der Waals surface area contributed by atoms with Gasteiger partial charge >= 0.3 is 0 Å². The van der Waals surface area contributed by atoms with E-state index in [0.29, 0.717) is 19.1 Å². The molecular formula is C21H22O. The van der Waals surface area contributed by atoms with Gasteiger partial charge in [0.05, 0.1) is 13.2 Å². The summed E-state index contributed by atoms with van der Waals surface area (Å²) in [6.07, 6.45) is 5.63. The molecule has 0 saturated carbocycles. The molecule has 0 fully saturated rings. The van der Waals surface area contributed by atoms with Crippen LogP contribution >= 0.6 is 0 Å². The van der Waals surface area contributed by atoms with Crippen LogP contribution in [0.4, 0.5) is 0 Å². The van der Waals surface area contributed by atoms with Gasteiger partial charge in [0.15, 0.2) is 0 Å². The van der Waals surface area contributed by atoms with E-state index in [2.05, 4.69) is 61.5 Å². The fraction of sp³-hybridized carbons (Fsp3) is 0.238. The van der Waals surface area contributed by atoms with Crippen molar-refractivity contribution in [3.8, 4) is 0 Å². The first kappa shape index (κ1) is 14.8. The molecule has 0 radical (unpaired) electrons. The van der Waals surface area contributed by atoms with Crippen LogP contribution in [0.3, 0.4) is 0 Å². The van der Waals surface area contributed by atoms with E-state index in [1.807, 2.05) is 18.2 Å². The summed E-state index contributed by atoms with van der Waals surface area (Å²) in [5.41, 5.74) is 5.50. The molecule has 1 aliphatic carbocycles. The van der Waals surface area contributed by atoms with Crippen LogP contribution in [0.2, 0.25) is 0 Å². The first-order valence-electron chi connectivity index (χ1n) is 7.87. The third kappa shape index (κ3) is 3.55.